The number of hydrogen-bond acceptors (Lipinski definition) is 7. The molecule has 0 amide bonds. The molecule has 2 aromatic rings. The number of methoxy groups -OCH3 is 2. The van der Waals surface area contributed by atoms with Crippen molar-refractivity contribution in [2.75, 3.05) is 20.8 Å². The van der Waals surface area contributed by atoms with E-state index in [1.54, 1.807) is 39.3 Å². The van der Waals surface area contributed by atoms with E-state index in [0.717, 1.165) is 11.1 Å². The standard InChI is InChI=1S/C20H24N2O6.ClH/c1-4-28-20(23)17(11-15-7-10-18(26-2)19(12-15)27-3)21-13-14-5-8-16(9-6-14)22(24)25;/h5-10,12,17,21H,4,11,13H2,1-3H3;1H. The molecule has 1 N–H and O–H groups in total. The van der Waals surface area contributed by atoms with E-state index in [9.17, 15) is 14.9 Å². The smallest absolute Gasteiger partial charge is 0.323 e. The number of rotatable bonds is 10. The molecule has 158 valence electrons. The predicted octanol–water partition coefficient (Wildman–Crippen LogP) is 3.30. The summed E-state index contributed by atoms with van der Waals surface area (Å²) in [6, 6.07) is 11.1. The van der Waals surface area contributed by atoms with E-state index < -0.39 is 11.0 Å². The summed E-state index contributed by atoms with van der Waals surface area (Å²) in [5.74, 6) is 0.829. The van der Waals surface area contributed by atoms with Gasteiger partial charge in [0, 0.05) is 18.7 Å². The van der Waals surface area contributed by atoms with E-state index in [-0.39, 0.29) is 30.7 Å². The number of carbonyl (C=O) groups excluding carboxylic acids is 1. The first-order valence-corrected chi connectivity index (χ1v) is 8.82. The highest BCUT2D eigenvalue weighted by Gasteiger charge is 2.21. The van der Waals surface area contributed by atoms with Gasteiger partial charge in [-0.2, -0.15) is 0 Å². The van der Waals surface area contributed by atoms with Crippen LogP contribution in [0.2, 0.25) is 0 Å². The maximum atomic E-state index is 12.4. The van der Waals surface area contributed by atoms with Gasteiger partial charge in [0.05, 0.1) is 25.7 Å². The second-order valence-electron chi connectivity index (χ2n) is 6.00. The van der Waals surface area contributed by atoms with Gasteiger partial charge in [-0.1, -0.05) is 18.2 Å². The van der Waals surface area contributed by atoms with Crippen molar-refractivity contribution in [3.05, 3.63) is 63.7 Å². The molecule has 0 saturated carbocycles. The Morgan fingerprint density at radius 3 is 2.24 bits per heavy atom. The topological polar surface area (TPSA) is 99.9 Å². The number of nitro benzene ring substituents is 1. The van der Waals surface area contributed by atoms with Crippen LogP contribution in [0.25, 0.3) is 0 Å². The second-order valence-corrected chi connectivity index (χ2v) is 6.00. The van der Waals surface area contributed by atoms with E-state index in [0.29, 0.717) is 24.5 Å². The number of nitrogens with zero attached hydrogens (tertiary/aromatic N) is 1. The molecule has 1 unspecified atom stereocenters. The molecule has 9 heteroatoms. The fourth-order valence-electron chi connectivity index (χ4n) is 2.70. The number of halogens is 1. The van der Waals surface area contributed by atoms with Crippen molar-refractivity contribution in [2.24, 2.45) is 0 Å². The second kappa shape index (κ2) is 11.9. The van der Waals surface area contributed by atoms with Crippen molar-refractivity contribution >= 4 is 24.1 Å². The monoisotopic (exact) mass is 424 g/mol. The van der Waals surface area contributed by atoms with Crippen molar-refractivity contribution in [1.29, 1.82) is 0 Å². The van der Waals surface area contributed by atoms with Crippen molar-refractivity contribution in [3.8, 4) is 11.5 Å². The minimum atomic E-state index is -0.576. The number of ether oxygens (including phenoxy) is 3. The van der Waals surface area contributed by atoms with Gasteiger partial charge >= 0.3 is 5.97 Å². The number of nitro groups is 1. The van der Waals surface area contributed by atoms with Gasteiger partial charge in [-0.25, -0.2) is 0 Å². The quantitative estimate of drug-likeness (QED) is 0.355. The summed E-state index contributed by atoms with van der Waals surface area (Å²) in [5, 5.41) is 13.9. The highest BCUT2D eigenvalue weighted by atomic mass is 35.5. The van der Waals surface area contributed by atoms with Crippen LogP contribution >= 0.6 is 12.4 Å². The summed E-state index contributed by atoms with van der Waals surface area (Å²) in [5.41, 5.74) is 1.73. The number of hydrogen-bond donors (Lipinski definition) is 1. The van der Waals surface area contributed by atoms with E-state index in [1.165, 1.54) is 12.1 Å². The van der Waals surface area contributed by atoms with Gasteiger partial charge in [-0.05, 0) is 36.6 Å². The molecule has 0 heterocycles. The maximum absolute atomic E-state index is 12.4. The van der Waals surface area contributed by atoms with Gasteiger partial charge in [-0.3, -0.25) is 14.9 Å². The Labute approximate surface area is 175 Å². The summed E-state index contributed by atoms with van der Waals surface area (Å²) in [6.07, 6.45) is 0.395. The lowest BCUT2D eigenvalue weighted by Crippen LogP contribution is -2.39. The average Bonchev–Trinajstić information content (AvgIpc) is 2.71. The van der Waals surface area contributed by atoms with Crippen LogP contribution in [0.4, 0.5) is 5.69 Å². The highest BCUT2D eigenvalue weighted by molar-refractivity contribution is 5.85. The molecule has 29 heavy (non-hydrogen) atoms. The van der Waals surface area contributed by atoms with E-state index >= 15 is 0 Å². The van der Waals surface area contributed by atoms with Gasteiger partial charge in [-0.15, -0.1) is 12.4 Å². The lowest BCUT2D eigenvalue weighted by Gasteiger charge is -2.18. The molecule has 2 rings (SSSR count). The minimum absolute atomic E-state index is 0. The lowest BCUT2D eigenvalue weighted by molar-refractivity contribution is -0.384. The number of non-ortho nitro benzene ring substituents is 1. The molecule has 0 spiro atoms. The fourth-order valence-corrected chi connectivity index (χ4v) is 2.70. The van der Waals surface area contributed by atoms with Crippen LogP contribution in [-0.4, -0.2) is 37.8 Å². The molecular weight excluding hydrogens is 400 g/mol. The molecule has 0 aliphatic carbocycles. The lowest BCUT2D eigenvalue weighted by atomic mass is 10.0. The van der Waals surface area contributed by atoms with Crippen LogP contribution in [0.1, 0.15) is 18.1 Å². The third-order valence-corrected chi connectivity index (χ3v) is 4.16. The van der Waals surface area contributed by atoms with E-state index in [4.69, 9.17) is 14.2 Å². The zero-order valence-corrected chi connectivity index (χ0v) is 17.4. The highest BCUT2D eigenvalue weighted by Crippen LogP contribution is 2.28. The van der Waals surface area contributed by atoms with E-state index in [1.807, 2.05) is 12.1 Å². The minimum Gasteiger partial charge on any atom is -0.493 e. The first kappa shape index (κ1) is 24.2. The Bertz CT molecular complexity index is 813. The molecule has 0 radical (unpaired) electrons. The molecule has 0 aromatic heterocycles. The summed E-state index contributed by atoms with van der Waals surface area (Å²) >= 11 is 0. The first-order chi connectivity index (χ1) is 13.5. The SMILES string of the molecule is CCOC(=O)C(Cc1ccc(OC)c(OC)c1)NCc1ccc([N+](=O)[O-])cc1.Cl. The predicted molar refractivity (Wildman–Crippen MR) is 111 cm³/mol. The molecule has 0 aliphatic heterocycles. The van der Waals surface area contributed by atoms with Crippen molar-refractivity contribution in [2.45, 2.75) is 25.9 Å². The van der Waals surface area contributed by atoms with Crippen molar-refractivity contribution in [3.63, 3.8) is 0 Å². The van der Waals surface area contributed by atoms with Crippen LogP contribution in [0.5, 0.6) is 11.5 Å². The van der Waals surface area contributed by atoms with Crippen LogP contribution in [-0.2, 0) is 22.5 Å². The maximum Gasteiger partial charge on any atom is 0.323 e. The van der Waals surface area contributed by atoms with E-state index in [2.05, 4.69) is 5.32 Å². The first-order valence-electron chi connectivity index (χ1n) is 8.82. The Balaban J connectivity index is 0.00000420. The van der Waals surface area contributed by atoms with Gasteiger partial charge in [0.1, 0.15) is 6.04 Å². The Morgan fingerprint density at radius 1 is 1.07 bits per heavy atom. The van der Waals surface area contributed by atoms with Crippen LogP contribution in [0.15, 0.2) is 42.5 Å². The Hall–Kier alpha value is -2.84. The molecule has 1 atom stereocenters. The summed E-state index contributed by atoms with van der Waals surface area (Å²) in [7, 11) is 3.11. The molecule has 8 nitrogen and oxygen atoms in total. The molecule has 0 bridgehead atoms. The fraction of sp³-hybridized carbons (Fsp3) is 0.350. The van der Waals surface area contributed by atoms with Crippen molar-refractivity contribution in [1.82, 2.24) is 5.32 Å². The summed E-state index contributed by atoms with van der Waals surface area (Å²) in [4.78, 5) is 22.7. The number of carbonyl (C=O) groups is 1. The van der Waals surface area contributed by atoms with Gasteiger partial charge in [0.25, 0.3) is 5.69 Å². The Kier molecular flexibility index (Phi) is 9.91. The third-order valence-electron chi connectivity index (χ3n) is 4.16. The summed E-state index contributed by atoms with van der Waals surface area (Å²) < 4.78 is 15.7. The van der Waals surface area contributed by atoms with Crippen LogP contribution in [0.3, 0.4) is 0 Å². The molecule has 2 aromatic carbocycles. The van der Waals surface area contributed by atoms with Gasteiger partial charge in [0.2, 0.25) is 0 Å². The molecule has 0 aliphatic rings. The zero-order valence-electron chi connectivity index (χ0n) is 16.5. The zero-order chi connectivity index (χ0) is 20.5. The normalized spacial score (nSPS) is 11.1. The average molecular weight is 425 g/mol. The molecule has 0 fully saturated rings. The van der Waals surface area contributed by atoms with Gasteiger partial charge < -0.3 is 19.5 Å². The van der Waals surface area contributed by atoms with Gasteiger partial charge in [0.15, 0.2) is 11.5 Å². The van der Waals surface area contributed by atoms with Crippen LogP contribution in [0, 0.1) is 10.1 Å². The Morgan fingerprint density at radius 2 is 1.69 bits per heavy atom. The summed E-state index contributed by atoms with van der Waals surface area (Å²) in [6.45, 7) is 2.40. The number of benzene rings is 2. The van der Waals surface area contributed by atoms with Crippen molar-refractivity contribution < 1.29 is 23.9 Å². The largest absolute Gasteiger partial charge is 0.493 e. The van der Waals surface area contributed by atoms with Crippen LogP contribution < -0.4 is 14.8 Å². The number of nitrogens with one attached hydrogen (secondary N) is 1. The number of esters is 1. The third kappa shape index (κ3) is 6.92. The molecular formula is C20H25ClN2O6. The molecule has 0 saturated heterocycles.